The standard InChI is InChI=1S/C24H38N2O5S/c1-5-31-22(30)18-17-21(29)26(16(13-27)14(2)3)19(24(17)12-11-23(18,4)32-24)20(28)25-15-9-7-6-8-10-15/h14-19,27H,5-13H2,1-4H3,(H,25,28)/t16-,17-,18+,19?,23-,24?/m0/s1. The van der Waals surface area contributed by atoms with Gasteiger partial charge in [-0.05, 0) is 45.4 Å². The average Bonchev–Trinajstić information content (AvgIpc) is 3.31. The lowest BCUT2D eigenvalue weighted by Gasteiger charge is -2.39. The number of nitrogens with zero attached hydrogens (tertiary/aromatic N) is 1. The van der Waals surface area contributed by atoms with Crippen LogP contribution in [-0.2, 0) is 19.1 Å². The molecule has 1 saturated carbocycles. The summed E-state index contributed by atoms with van der Waals surface area (Å²) in [5, 5.41) is 13.5. The van der Waals surface area contributed by atoms with E-state index in [9.17, 15) is 19.5 Å². The van der Waals surface area contributed by atoms with Gasteiger partial charge in [0.15, 0.2) is 0 Å². The molecule has 2 unspecified atom stereocenters. The van der Waals surface area contributed by atoms with Crippen molar-refractivity contribution in [3.63, 3.8) is 0 Å². The molecule has 2 bridgehead atoms. The quantitative estimate of drug-likeness (QED) is 0.560. The fourth-order valence-corrected chi connectivity index (χ4v) is 9.09. The number of hydrogen-bond acceptors (Lipinski definition) is 6. The Morgan fingerprint density at radius 1 is 1.25 bits per heavy atom. The Balaban J connectivity index is 1.74. The summed E-state index contributed by atoms with van der Waals surface area (Å²) in [7, 11) is 0. The number of esters is 1. The molecule has 3 aliphatic heterocycles. The summed E-state index contributed by atoms with van der Waals surface area (Å²) in [5.74, 6) is -1.78. The first kappa shape index (κ1) is 23.9. The van der Waals surface area contributed by atoms with Crippen molar-refractivity contribution < 1.29 is 24.2 Å². The minimum absolute atomic E-state index is 0.0111. The van der Waals surface area contributed by atoms with Crippen molar-refractivity contribution in [1.82, 2.24) is 10.2 Å². The van der Waals surface area contributed by atoms with Gasteiger partial charge in [-0.3, -0.25) is 14.4 Å². The molecule has 3 saturated heterocycles. The molecule has 4 rings (SSSR count). The fraction of sp³-hybridized carbons (Fsp3) is 0.875. The molecule has 2 amide bonds. The average molecular weight is 467 g/mol. The summed E-state index contributed by atoms with van der Waals surface area (Å²) < 4.78 is 4.35. The second kappa shape index (κ2) is 8.82. The molecule has 0 aromatic heterocycles. The molecule has 180 valence electrons. The third kappa shape index (κ3) is 3.56. The van der Waals surface area contributed by atoms with Crippen LogP contribution in [0.4, 0.5) is 0 Å². The van der Waals surface area contributed by atoms with Gasteiger partial charge in [0.25, 0.3) is 0 Å². The van der Waals surface area contributed by atoms with Gasteiger partial charge in [-0.1, -0.05) is 33.1 Å². The largest absolute Gasteiger partial charge is 0.466 e. The topological polar surface area (TPSA) is 95.9 Å². The zero-order chi connectivity index (χ0) is 23.3. The lowest BCUT2D eigenvalue weighted by Crippen LogP contribution is -2.59. The first-order valence-electron chi connectivity index (χ1n) is 12.3. The van der Waals surface area contributed by atoms with E-state index in [2.05, 4.69) is 5.32 Å². The van der Waals surface area contributed by atoms with Gasteiger partial charge in [0.05, 0.1) is 35.8 Å². The van der Waals surface area contributed by atoms with Crippen LogP contribution in [0.1, 0.15) is 72.6 Å². The smallest absolute Gasteiger partial charge is 0.311 e. The summed E-state index contributed by atoms with van der Waals surface area (Å²) in [6, 6.07) is -0.997. The first-order valence-corrected chi connectivity index (χ1v) is 13.1. The van der Waals surface area contributed by atoms with E-state index < -0.39 is 33.4 Å². The number of hydrogen-bond donors (Lipinski definition) is 2. The van der Waals surface area contributed by atoms with E-state index in [1.54, 1.807) is 23.6 Å². The Morgan fingerprint density at radius 2 is 1.94 bits per heavy atom. The number of carbonyl (C=O) groups is 3. The van der Waals surface area contributed by atoms with Crippen LogP contribution in [-0.4, -0.2) is 68.6 Å². The van der Waals surface area contributed by atoms with E-state index in [-0.39, 0.29) is 43.0 Å². The van der Waals surface area contributed by atoms with Gasteiger partial charge in [-0.15, -0.1) is 11.8 Å². The van der Waals surface area contributed by atoms with Crippen molar-refractivity contribution in [1.29, 1.82) is 0 Å². The van der Waals surface area contributed by atoms with E-state index in [1.165, 1.54) is 6.42 Å². The molecule has 0 aromatic rings. The van der Waals surface area contributed by atoms with Gasteiger partial charge in [-0.25, -0.2) is 0 Å². The highest BCUT2D eigenvalue weighted by Gasteiger charge is 2.78. The molecule has 1 aliphatic carbocycles. The summed E-state index contributed by atoms with van der Waals surface area (Å²) in [6.45, 7) is 7.82. The van der Waals surface area contributed by atoms with Crippen molar-refractivity contribution in [3.8, 4) is 0 Å². The molecule has 4 fully saturated rings. The monoisotopic (exact) mass is 466 g/mol. The van der Waals surface area contributed by atoms with Crippen LogP contribution in [0.2, 0.25) is 0 Å². The van der Waals surface area contributed by atoms with Crippen molar-refractivity contribution in [2.45, 2.75) is 100 Å². The van der Waals surface area contributed by atoms with Crippen LogP contribution in [0.15, 0.2) is 0 Å². The van der Waals surface area contributed by atoms with Crippen molar-refractivity contribution >= 4 is 29.5 Å². The van der Waals surface area contributed by atoms with E-state index in [0.717, 1.165) is 38.5 Å². The minimum Gasteiger partial charge on any atom is -0.466 e. The molecular formula is C24H38N2O5S. The Morgan fingerprint density at radius 3 is 2.53 bits per heavy atom. The summed E-state index contributed by atoms with van der Waals surface area (Å²) >= 11 is 1.65. The van der Waals surface area contributed by atoms with Crippen LogP contribution in [0.3, 0.4) is 0 Å². The lowest BCUT2D eigenvalue weighted by molar-refractivity contribution is -0.155. The zero-order valence-corrected chi connectivity index (χ0v) is 20.6. The molecule has 3 heterocycles. The number of amides is 2. The molecule has 6 atom stereocenters. The van der Waals surface area contributed by atoms with Crippen LogP contribution >= 0.6 is 11.8 Å². The van der Waals surface area contributed by atoms with Gasteiger partial charge in [0.2, 0.25) is 11.8 Å². The van der Waals surface area contributed by atoms with Crippen LogP contribution in [0, 0.1) is 17.8 Å². The molecule has 0 radical (unpaired) electrons. The highest BCUT2D eigenvalue weighted by Crippen LogP contribution is 2.71. The maximum Gasteiger partial charge on any atom is 0.311 e. The zero-order valence-electron chi connectivity index (χ0n) is 19.8. The number of aliphatic hydroxyl groups is 1. The van der Waals surface area contributed by atoms with E-state index in [1.807, 2.05) is 20.8 Å². The van der Waals surface area contributed by atoms with Crippen LogP contribution in [0.5, 0.6) is 0 Å². The number of aliphatic hydroxyl groups excluding tert-OH is 1. The highest BCUT2D eigenvalue weighted by molar-refractivity contribution is 8.02. The Labute approximate surface area is 195 Å². The molecule has 2 N–H and O–H groups in total. The molecular weight excluding hydrogens is 428 g/mol. The molecule has 7 nitrogen and oxygen atoms in total. The number of fused-ring (bicyclic) bond motifs is 1. The van der Waals surface area contributed by atoms with E-state index in [0.29, 0.717) is 0 Å². The van der Waals surface area contributed by atoms with Crippen molar-refractivity contribution in [2.75, 3.05) is 13.2 Å². The van der Waals surface area contributed by atoms with Gasteiger partial charge in [0, 0.05) is 10.8 Å². The summed E-state index contributed by atoms with van der Waals surface area (Å²) in [6.07, 6.45) is 6.83. The molecule has 1 spiro atoms. The summed E-state index contributed by atoms with van der Waals surface area (Å²) in [5.41, 5.74) is 0. The minimum atomic E-state index is -0.673. The predicted octanol–water partition coefficient (Wildman–Crippen LogP) is 2.50. The normalized spacial score (nSPS) is 37.6. The second-order valence-electron chi connectivity index (χ2n) is 10.6. The third-order valence-corrected chi connectivity index (χ3v) is 10.3. The molecule has 0 aromatic carbocycles. The molecule has 4 aliphatic rings. The Kier molecular flexibility index (Phi) is 6.58. The molecule has 8 heteroatoms. The Bertz CT molecular complexity index is 769. The van der Waals surface area contributed by atoms with Gasteiger partial charge < -0.3 is 20.1 Å². The molecule has 32 heavy (non-hydrogen) atoms. The summed E-state index contributed by atoms with van der Waals surface area (Å²) in [4.78, 5) is 42.5. The lowest BCUT2D eigenvalue weighted by atomic mass is 9.66. The SMILES string of the molecule is CCOC(=O)[C@H]1[C@H]2C(=O)N([C@@H](CO)C(C)C)C(C(=O)NC3CCCCC3)C23CC[C@]1(C)S3. The maximum atomic E-state index is 14.0. The van der Waals surface area contributed by atoms with Crippen LogP contribution in [0.25, 0.3) is 0 Å². The van der Waals surface area contributed by atoms with Gasteiger partial charge >= 0.3 is 5.97 Å². The van der Waals surface area contributed by atoms with Crippen molar-refractivity contribution in [3.05, 3.63) is 0 Å². The Hall–Kier alpha value is -1.28. The van der Waals surface area contributed by atoms with E-state index >= 15 is 0 Å². The number of likely N-dealkylation sites (tertiary alicyclic amines) is 1. The third-order valence-electron chi connectivity index (χ3n) is 8.27. The predicted molar refractivity (Wildman–Crippen MR) is 123 cm³/mol. The van der Waals surface area contributed by atoms with Gasteiger partial charge in [0.1, 0.15) is 6.04 Å². The number of ether oxygens (including phenoxy) is 1. The van der Waals surface area contributed by atoms with Gasteiger partial charge in [-0.2, -0.15) is 0 Å². The second-order valence-corrected chi connectivity index (χ2v) is 12.5. The maximum absolute atomic E-state index is 14.0. The first-order chi connectivity index (χ1) is 15.2. The van der Waals surface area contributed by atoms with Crippen molar-refractivity contribution in [2.24, 2.45) is 17.8 Å². The number of nitrogens with one attached hydrogen (secondary N) is 1. The number of thioether (sulfide) groups is 1. The highest BCUT2D eigenvalue weighted by atomic mass is 32.2. The van der Waals surface area contributed by atoms with Crippen LogP contribution < -0.4 is 5.32 Å². The number of carbonyl (C=O) groups excluding carboxylic acids is 3. The number of rotatable bonds is 7. The fourth-order valence-electron chi connectivity index (χ4n) is 6.76. The van der Waals surface area contributed by atoms with E-state index in [4.69, 9.17) is 4.74 Å².